The number of methoxy groups -OCH3 is 1. The van der Waals surface area contributed by atoms with E-state index >= 15 is 0 Å². The number of nitrogens with one attached hydrogen (secondary N) is 1. The second-order valence-electron chi connectivity index (χ2n) is 5.90. The fraction of sp³-hybridized carbons (Fsp3) is 0.190. The molecule has 0 saturated heterocycles. The van der Waals surface area contributed by atoms with Crippen LogP contribution in [0, 0.1) is 5.82 Å². The Morgan fingerprint density at radius 2 is 1.93 bits per heavy atom. The Hall–Kier alpha value is -2.44. The van der Waals surface area contributed by atoms with E-state index in [0.29, 0.717) is 30.2 Å². The van der Waals surface area contributed by atoms with Crippen LogP contribution in [0.1, 0.15) is 16.7 Å². The van der Waals surface area contributed by atoms with Crippen molar-refractivity contribution in [3.63, 3.8) is 0 Å². The zero-order valence-electron chi connectivity index (χ0n) is 14.9. The van der Waals surface area contributed by atoms with Crippen LogP contribution in [-0.4, -0.2) is 12.1 Å². The van der Waals surface area contributed by atoms with Crippen molar-refractivity contribution in [2.24, 2.45) is 0 Å². The molecule has 0 saturated carbocycles. The number of hydrogen-bond acceptors (Lipinski definition) is 4. The van der Waals surface area contributed by atoms with Gasteiger partial charge < -0.3 is 14.8 Å². The molecule has 0 aliphatic heterocycles. The summed E-state index contributed by atoms with van der Waals surface area (Å²) in [6.07, 6.45) is 3.57. The Morgan fingerprint density at radius 3 is 2.67 bits per heavy atom. The largest absolute Gasteiger partial charge is 0.493 e. The number of halogens is 2. The van der Waals surface area contributed by atoms with Crippen LogP contribution in [0.4, 0.5) is 4.39 Å². The molecule has 140 valence electrons. The van der Waals surface area contributed by atoms with Crippen LogP contribution in [0.5, 0.6) is 11.5 Å². The molecule has 0 amide bonds. The lowest BCUT2D eigenvalue weighted by molar-refractivity contribution is 0.275. The summed E-state index contributed by atoms with van der Waals surface area (Å²) >= 11 is 3.58. The molecule has 6 heteroatoms. The highest BCUT2D eigenvalue weighted by Crippen LogP contribution is 2.37. The summed E-state index contributed by atoms with van der Waals surface area (Å²) < 4.78 is 26.2. The first-order valence-electron chi connectivity index (χ1n) is 8.50. The molecule has 1 heterocycles. The van der Waals surface area contributed by atoms with Crippen LogP contribution in [0.25, 0.3) is 0 Å². The van der Waals surface area contributed by atoms with Gasteiger partial charge in [0.05, 0.1) is 7.11 Å². The van der Waals surface area contributed by atoms with Crippen molar-refractivity contribution in [2.45, 2.75) is 19.7 Å². The predicted molar refractivity (Wildman–Crippen MR) is 106 cm³/mol. The third kappa shape index (κ3) is 5.05. The number of ether oxygens (including phenoxy) is 2. The van der Waals surface area contributed by atoms with Gasteiger partial charge in [0.25, 0.3) is 0 Å². The van der Waals surface area contributed by atoms with E-state index < -0.39 is 0 Å². The maximum Gasteiger partial charge on any atom is 0.167 e. The Kier molecular flexibility index (Phi) is 6.79. The van der Waals surface area contributed by atoms with Gasteiger partial charge in [-0.1, -0.05) is 40.2 Å². The zero-order valence-corrected chi connectivity index (χ0v) is 16.5. The summed E-state index contributed by atoms with van der Waals surface area (Å²) in [5.41, 5.74) is 2.49. The van der Waals surface area contributed by atoms with E-state index in [9.17, 15) is 4.39 Å². The van der Waals surface area contributed by atoms with Gasteiger partial charge in [0.15, 0.2) is 11.5 Å². The third-order valence-electron chi connectivity index (χ3n) is 4.07. The van der Waals surface area contributed by atoms with E-state index in [-0.39, 0.29) is 12.4 Å². The second kappa shape index (κ2) is 9.48. The lowest BCUT2D eigenvalue weighted by atomic mass is 10.1. The Bertz CT molecular complexity index is 891. The first-order valence-corrected chi connectivity index (χ1v) is 9.29. The molecular weight excluding hydrogens is 411 g/mol. The summed E-state index contributed by atoms with van der Waals surface area (Å²) in [7, 11) is 1.59. The van der Waals surface area contributed by atoms with E-state index in [2.05, 4.69) is 26.2 Å². The number of nitrogens with zero attached hydrogens (tertiary/aromatic N) is 1. The van der Waals surface area contributed by atoms with Crippen molar-refractivity contribution in [3.8, 4) is 11.5 Å². The molecule has 0 aliphatic carbocycles. The lowest BCUT2D eigenvalue weighted by Crippen LogP contribution is -2.15. The summed E-state index contributed by atoms with van der Waals surface area (Å²) in [5, 5.41) is 3.38. The van der Waals surface area contributed by atoms with Crippen LogP contribution in [0.2, 0.25) is 0 Å². The monoisotopic (exact) mass is 430 g/mol. The SMILES string of the molecule is COc1ccc(Br)c(CNCc2cccnc2)c1OCc1ccccc1F. The molecule has 0 atom stereocenters. The van der Waals surface area contributed by atoms with Gasteiger partial charge in [-0.2, -0.15) is 0 Å². The minimum atomic E-state index is -0.289. The molecule has 2 aromatic carbocycles. The van der Waals surface area contributed by atoms with Crippen LogP contribution in [0.3, 0.4) is 0 Å². The average molecular weight is 431 g/mol. The average Bonchev–Trinajstić information content (AvgIpc) is 2.70. The highest BCUT2D eigenvalue weighted by atomic mass is 79.9. The molecule has 3 aromatic rings. The van der Waals surface area contributed by atoms with Gasteiger partial charge in [-0.25, -0.2) is 4.39 Å². The summed E-state index contributed by atoms with van der Waals surface area (Å²) in [6, 6.07) is 14.2. The number of rotatable bonds is 8. The summed E-state index contributed by atoms with van der Waals surface area (Å²) in [4.78, 5) is 4.11. The molecule has 4 nitrogen and oxygen atoms in total. The van der Waals surface area contributed by atoms with Crippen LogP contribution >= 0.6 is 15.9 Å². The van der Waals surface area contributed by atoms with E-state index in [1.54, 1.807) is 31.5 Å². The normalized spacial score (nSPS) is 10.6. The Labute approximate surface area is 166 Å². The standard InChI is InChI=1S/C21H20BrFN2O2/c1-26-20-9-8-18(22)17(13-25-12-15-5-4-10-24-11-15)21(20)27-14-16-6-2-3-7-19(16)23/h2-11,25H,12-14H2,1H3. The maximum absolute atomic E-state index is 13.9. The van der Waals surface area contributed by atoms with Gasteiger partial charge >= 0.3 is 0 Å². The molecule has 3 rings (SSSR count). The van der Waals surface area contributed by atoms with Crippen molar-refractivity contribution in [3.05, 3.63) is 87.9 Å². The fourth-order valence-electron chi connectivity index (χ4n) is 2.67. The molecule has 0 aliphatic rings. The highest BCUT2D eigenvalue weighted by molar-refractivity contribution is 9.10. The zero-order chi connectivity index (χ0) is 19.1. The van der Waals surface area contributed by atoms with E-state index in [1.807, 2.05) is 30.5 Å². The molecule has 0 unspecified atom stereocenters. The predicted octanol–water partition coefficient (Wildman–Crippen LogP) is 4.86. The second-order valence-corrected chi connectivity index (χ2v) is 6.76. The van der Waals surface area contributed by atoms with Gasteiger partial charge in [0.2, 0.25) is 0 Å². The Balaban J connectivity index is 1.76. The number of pyridine rings is 1. The number of aromatic nitrogens is 1. The van der Waals surface area contributed by atoms with Gasteiger partial charge in [-0.05, 0) is 29.8 Å². The van der Waals surface area contributed by atoms with Gasteiger partial charge in [-0.15, -0.1) is 0 Å². The molecule has 27 heavy (non-hydrogen) atoms. The summed E-state index contributed by atoms with van der Waals surface area (Å²) in [6.45, 7) is 1.35. The molecule has 0 radical (unpaired) electrons. The van der Waals surface area contributed by atoms with Crippen LogP contribution < -0.4 is 14.8 Å². The minimum absolute atomic E-state index is 0.120. The fourth-order valence-corrected chi connectivity index (χ4v) is 3.12. The highest BCUT2D eigenvalue weighted by Gasteiger charge is 2.15. The van der Waals surface area contributed by atoms with Crippen molar-refractivity contribution in [1.82, 2.24) is 10.3 Å². The third-order valence-corrected chi connectivity index (χ3v) is 4.81. The van der Waals surface area contributed by atoms with Gasteiger partial charge in [-0.3, -0.25) is 4.98 Å². The van der Waals surface area contributed by atoms with Crippen molar-refractivity contribution in [1.29, 1.82) is 0 Å². The molecule has 0 bridgehead atoms. The van der Waals surface area contributed by atoms with E-state index in [4.69, 9.17) is 9.47 Å². The smallest absolute Gasteiger partial charge is 0.167 e. The van der Waals surface area contributed by atoms with Crippen LogP contribution in [0.15, 0.2) is 65.4 Å². The van der Waals surface area contributed by atoms with Crippen molar-refractivity contribution in [2.75, 3.05) is 7.11 Å². The van der Waals surface area contributed by atoms with Gasteiger partial charge in [0, 0.05) is 41.1 Å². The lowest BCUT2D eigenvalue weighted by Gasteiger charge is -2.17. The molecule has 0 fully saturated rings. The molecule has 1 aromatic heterocycles. The first-order chi connectivity index (χ1) is 13.2. The number of hydrogen-bond donors (Lipinski definition) is 1. The van der Waals surface area contributed by atoms with E-state index in [0.717, 1.165) is 15.6 Å². The Morgan fingerprint density at radius 1 is 1.07 bits per heavy atom. The van der Waals surface area contributed by atoms with Crippen LogP contribution in [-0.2, 0) is 19.7 Å². The molecule has 0 spiro atoms. The topological polar surface area (TPSA) is 43.4 Å². The summed E-state index contributed by atoms with van der Waals surface area (Å²) in [5.74, 6) is 0.907. The van der Waals surface area contributed by atoms with Gasteiger partial charge in [0.1, 0.15) is 12.4 Å². The quantitative estimate of drug-likeness (QED) is 0.553. The molecular formula is C21H20BrFN2O2. The maximum atomic E-state index is 13.9. The number of benzene rings is 2. The van der Waals surface area contributed by atoms with E-state index in [1.165, 1.54) is 6.07 Å². The minimum Gasteiger partial charge on any atom is -0.493 e. The van der Waals surface area contributed by atoms with Crippen molar-refractivity contribution >= 4 is 15.9 Å². The first kappa shape index (κ1) is 19.3. The van der Waals surface area contributed by atoms with Crippen molar-refractivity contribution < 1.29 is 13.9 Å². The molecule has 1 N–H and O–H groups in total.